The molecule has 1 heterocycles. The van der Waals surface area contributed by atoms with E-state index in [9.17, 15) is 0 Å². The van der Waals surface area contributed by atoms with Gasteiger partial charge in [0.2, 0.25) is 6.16 Å². The van der Waals surface area contributed by atoms with E-state index in [1.165, 1.54) is 5.82 Å². The minimum atomic E-state index is -2.08. The van der Waals surface area contributed by atoms with Gasteiger partial charge in [0.05, 0.1) is 14.1 Å². The second kappa shape index (κ2) is 4.38. The van der Waals surface area contributed by atoms with Gasteiger partial charge < -0.3 is 15.0 Å². The molecule has 5 heteroatoms. The summed E-state index contributed by atoms with van der Waals surface area (Å²) in [5.74, 6) is 1.27. The van der Waals surface area contributed by atoms with Crippen molar-refractivity contribution >= 4 is 6.16 Å². The van der Waals surface area contributed by atoms with Gasteiger partial charge in [0, 0.05) is 6.92 Å². The predicted octanol–water partition coefficient (Wildman–Crippen LogP) is -0.954. The third-order valence-corrected chi connectivity index (χ3v) is 1.53. The van der Waals surface area contributed by atoms with E-state index in [0.29, 0.717) is 0 Å². The van der Waals surface area contributed by atoms with E-state index in [1.807, 2.05) is 26.5 Å². The Bertz CT molecular complexity index is 244. The molecule has 0 atom stereocenters. The first-order valence-electron chi connectivity index (χ1n) is 3.32. The van der Waals surface area contributed by atoms with E-state index in [4.69, 9.17) is 15.0 Å². The largest absolute Gasteiger partial charge is 0.565 e. The zero-order chi connectivity index (χ0) is 9.72. The molecular formula is C7H12N2O3. The summed E-state index contributed by atoms with van der Waals surface area (Å²) in [6.07, 6.45) is 1.99. The van der Waals surface area contributed by atoms with Crippen LogP contribution in [0.15, 0.2) is 12.4 Å². The monoisotopic (exact) mass is 172 g/mol. The van der Waals surface area contributed by atoms with Gasteiger partial charge in [-0.1, -0.05) is 0 Å². The van der Waals surface area contributed by atoms with Crippen LogP contribution in [0.1, 0.15) is 5.82 Å². The van der Waals surface area contributed by atoms with E-state index in [0.717, 1.165) is 0 Å². The molecule has 5 nitrogen and oxygen atoms in total. The zero-order valence-electron chi connectivity index (χ0n) is 7.31. The molecule has 0 saturated heterocycles. The lowest BCUT2D eigenvalue weighted by Gasteiger charge is -1.84. The molecule has 0 saturated carbocycles. The molecule has 0 fully saturated rings. The molecular weight excluding hydrogens is 160 g/mol. The second-order valence-electron chi connectivity index (χ2n) is 2.33. The summed E-state index contributed by atoms with van der Waals surface area (Å²) < 4.78 is 4.17. The molecule has 1 aromatic heterocycles. The fourth-order valence-electron chi connectivity index (χ4n) is 0.665. The molecule has 68 valence electrons. The van der Waals surface area contributed by atoms with Crippen LogP contribution in [0.3, 0.4) is 0 Å². The van der Waals surface area contributed by atoms with Crippen molar-refractivity contribution in [2.24, 2.45) is 14.1 Å². The van der Waals surface area contributed by atoms with Crippen LogP contribution >= 0.6 is 0 Å². The predicted molar refractivity (Wildman–Crippen MR) is 39.4 cm³/mol. The SMILES string of the molecule is Cc1n(C)cc[n+]1C.O=C([O-])O. The molecule has 12 heavy (non-hydrogen) atoms. The van der Waals surface area contributed by atoms with Crippen LogP contribution in [0.4, 0.5) is 4.79 Å². The molecule has 0 amide bonds. The lowest BCUT2D eigenvalue weighted by atomic mass is 10.7. The zero-order valence-corrected chi connectivity index (χ0v) is 7.31. The quantitative estimate of drug-likeness (QED) is 0.513. The molecule has 0 spiro atoms. The average molecular weight is 172 g/mol. The molecule has 0 radical (unpaired) electrons. The first kappa shape index (κ1) is 10.5. The van der Waals surface area contributed by atoms with E-state index in [-0.39, 0.29) is 0 Å². The normalized spacial score (nSPS) is 8.58. The Morgan fingerprint density at radius 1 is 1.75 bits per heavy atom. The van der Waals surface area contributed by atoms with Crippen molar-refractivity contribution in [3.05, 3.63) is 18.2 Å². The van der Waals surface area contributed by atoms with Crippen molar-refractivity contribution in [1.82, 2.24) is 4.57 Å². The number of carbonyl (C=O) groups is 1. The van der Waals surface area contributed by atoms with Crippen molar-refractivity contribution in [3.8, 4) is 0 Å². The summed E-state index contributed by atoms with van der Waals surface area (Å²) >= 11 is 0. The van der Waals surface area contributed by atoms with Gasteiger partial charge in [0.15, 0.2) is 0 Å². The van der Waals surface area contributed by atoms with Crippen LogP contribution in [0.5, 0.6) is 0 Å². The third kappa shape index (κ3) is 3.60. The van der Waals surface area contributed by atoms with Crippen molar-refractivity contribution in [1.29, 1.82) is 0 Å². The Kier molecular flexibility index (Phi) is 3.82. The van der Waals surface area contributed by atoms with Crippen LogP contribution in [0.2, 0.25) is 0 Å². The maximum absolute atomic E-state index is 8.44. The smallest absolute Gasteiger partial charge is 0.252 e. The van der Waals surface area contributed by atoms with E-state index in [1.54, 1.807) is 0 Å². The van der Waals surface area contributed by atoms with E-state index >= 15 is 0 Å². The fraction of sp³-hybridized carbons (Fsp3) is 0.429. The van der Waals surface area contributed by atoms with Crippen molar-refractivity contribution in [2.45, 2.75) is 6.92 Å². The van der Waals surface area contributed by atoms with Crippen molar-refractivity contribution < 1.29 is 19.6 Å². The molecule has 1 N–H and O–H groups in total. The third-order valence-electron chi connectivity index (χ3n) is 1.53. The van der Waals surface area contributed by atoms with Gasteiger partial charge in [-0.15, -0.1) is 0 Å². The molecule has 0 aliphatic rings. The van der Waals surface area contributed by atoms with Crippen LogP contribution in [-0.4, -0.2) is 15.8 Å². The van der Waals surface area contributed by atoms with Gasteiger partial charge in [-0.25, -0.2) is 9.13 Å². The maximum atomic E-state index is 8.44. The maximum Gasteiger partial charge on any atom is 0.252 e. The first-order valence-corrected chi connectivity index (χ1v) is 3.32. The van der Waals surface area contributed by atoms with E-state index in [2.05, 4.69) is 16.1 Å². The Morgan fingerprint density at radius 3 is 2.25 bits per heavy atom. The van der Waals surface area contributed by atoms with E-state index < -0.39 is 6.16 Å². The Balaban J connectivity index is 0.000000261. The molecule has 0 aromatic carbocycles. The van der Waals surface area contributed by atoms with Gasteiger partial charge in [0.25, 0.3) is 5.82 Å². The summed E-state index contributed by atoms with van der Waals surface area (Å²) in [6, 6.07) is 0. The highest BCUT2D eigenvalue weighted by atomic mass is 16.6. The molecule has 0 unspecified atom stereocenters. The van der Waals surface area contributed by atoms with Gasteiger partial charge >= 0.3 is 0 Å². The van der Waals surface area contributed by atoms with Gasteiger partial charge in [-0.3, -0.25) is 0 Å². The van der Waals surface area contributed by atoms with Gasteiger partial charge in [0.1, 0.15) is 12.4 Å². The number of carboxylic acid groups (broad SMARTS) is 2. The van der Waals surface area contributed by atoms with Gasteiger partial charge in [-0.2, -0.15) is 0 Å². The highest BCUT2D eigenvalue weighted by Crippen LogP contribution is 1.84. The summed E-state index contributed by atoms with van der Waals surface area (Å²) in [5.41, 5.74) is 0. The van der Waals surface area contributed by atoms with Crippen LogP contribution in [0.25, 0.3) is 0 Å². The summed E-state index contributed by atoms with van der Waals surface area (Å²) in [4.78, 5) is 8.44. The molecule has 0 bridgehead atoms. The number of aryl methyl sites for hydroxylation is 2. The van der Waals surface area contributed by atoms with Crippen molar-refractivity contribution in [2.75, 3.05) is 0 Å². The highest BCUT2D eigenvalue weighted by Gasteiger charge is 2.00. The minimum Gasteiger partial charge on any atom is -0.565 e. The minimum absolute atomic E-state index is 1.27. The molecule has 0 aliphatic carbocycles. The summed E-state index contributed by atoms with van der Waals surface area (Å²) in [6.45, 7) is 2.08. The van der Waals surface area contributed by atoms with Crippen LogP contribution < -0.4 is 9.67 Å². The fourth-order valence-corrected chi connectivity index (χ4v) is 0.665. The number of hydrogen-bond donors (Lipinski definition) is 1. The van der Waals surface area contributed by atoms with Crippen molar-refractivity contribution in [3.63, 3.8) is 0 Å². The second-order valence-corrected chi connectivity index (χ2v) is 2.33. The number of aromatic nitrogens is 2. The van der Waals surface area contributed by atoms with Gasteiger partial charge in [-0.05, 0) is 0 Å². The Morgan fingerprint density at radius 2 is 2.17 bits per heavy atom. The summed E-state index contributed by atoms with van der Waals surface area (Å²) in [7, 11) is 4.07. The lowest BCUT2D eigenvalue weighted by molar-refractivity contribution is -0.677. The highest BCUT2D eigenvalue weighted by molar-refractivity contribution is 5.50. The molecule has 1 aromatic rings. The lowest BCUT2D eigenvalue weighted by Crippen LogP contribution is -2.29. The molecule has 1 rings (SSSR count). The number of imidazole rings is 1. The number of nitrogens with zero attached hydrogens (tertiary/aromatic N) is 2. The average Bonchev–Trinajstić information content (AvgIpc) is 2.19. The first-order chi connectivity index (χ1) is 5.45. The number of hydrogen-bond acceptors (Lipinski definition) is 2. The van der Waals surface area contributed by atoms with Crippen LogP contribution in [-0.2, 0) is 14.1 Å². The summed E-state index contributed by atoms with van der Waals surface area (Å²) in [5, 5.41) is 15.3. The Labute approximate surface area is 70.5 Å². The van der Waals surface area contributed by atoms with Crippen LogP contribution in [0, 0.1) is 6.92 Å². The number of rotatable bonds is 0. The Hall–Kier alpha value is -1.52. The molecule has 0 aliphatic heterocycles. The standard InChI is InChI=1S/C6H11N2.CH2O3/c1-6-7(2)4-5-8(6)3;2-1(3)4/h4-5H,1-3H3;(H2,2,3,4)/q+1;/p-1. The topological polar surface area (TPSA) is 69.2 Å².